The normalized spacial score (nSPS) is 20.4. The van der Waals surface area contributed by atoms with E-state index in [-0.39, 0.29) is 5.91 Å². The summed E-state index contributed by atoms with van der Waals surface area (Å²) in [6.07, 6.45) is 2.84. The van der Waals surface area contributed by atoms with Crippen molar-refractivity contribution in [2.75, 3.05) is 25.0 Å². The minimum atomic E-state index is -0.0778. The maximum Gasteiger partial charge on any atom is 0.239 e. The van der Waals surface area contributed by atoms with Crippen LogP contribution in [-0.4, -0.2) is 35.0 Å². The molecule has 2 unspecified atom stereocenters. The summed E-state index contributed by atoms with van der Waals surface area (Å²) in [5, 5.41) is 12.6. The van der Waals surface area contributed by atoms with Gasteiger partial charge >= 0.3 is 0 Å². The summed E-state index contributed by atoms with van der Waals surface area (Å²) in [5.41, 5.74) is 2.37. The molecule has 2 atom stereocenters. The zero-order valence-corrected chi connectivity index (χ0v) is 16.6. The van der Waals surface area contributed by atoms with Crippen LogP contribution in [0.3, 0.4) is 0 Å². The Labute approximate surface area is 160 Å². The number of hydrogen-bond donors (Lipinski definition) is 1. The molecule has 1 aliphatic heterocycles. The highest BCUT2D eigenvalue weighted by Crippen LogP contribution is 2.28. The second-order valence-electron chi connectivity index (χ2n) is 7.90. The number of rotatable bonds is 5. The summed E-state index contributed by atoms with van der Waals surface area (Å²) < 4.78 is 7.41. The predicted molar refractivity (Wildman–Crippen MR) is 104 cm³/mol. The van der Waals surface area contributed by atoms with Crippen LogP contribution in [0, 0.1) is 37.0 Å². The van der Waals surface area contributed by atoms with Gasteiger partial charge in [-0.05, 0) is 49.8 Å². The van der Waals surface area contributed by atoms with Crippen LogP contribution in [0.2, 0.25) is 0 Å². The molecule has 6 nitrogen and oxygen atoms in total. The van der Waals surface area contributed by atoms with Crippen molar-refractivity contribution in [3.8, 4) is 6.07 Å². The van der Waals surface area contributed by atoms with Crippen LogP contribution in [0.5, 0.6) is 0 Å². The molecule has 3 rings (SSSR count). The van der Waals surface area contributed by atoms with E-state index in [1.807, 2.05) is 30.5 Å². The summed E-state index contributed by atoms with van der Waals surface area (Å²) in [6.45, 7) is 11.0. The number of nitrogens with zero attached hydrogens (tertiary/aromatic N) is 3. The van der Waals surface area contributed by atoms with Gasteiger partial charge in [0.05, 0.1) is 24.9 Å². The number of anilines is 1. The van der Waals surface area contributed by atoms with Gasteiger partial charge in [-0.2, -0.15) is 5.26 Å². The van der Waals surface area contributed by atoms with Gasteiger partial charge in [-0.1, -0.05) is 13.8 Å². The van der Waals surface area contributed by atoms with Gasteiger partial charge < -0.3 is 14.3 Å². The maximum absolute atomic E-state index is 12.7. The third-order valence-corrected chi connectivity index (χ3v) is 5.40. The molecule has 27 heavy (non-hydrogen) atoms. The first-order valence-electron chi connectivity index (χ1n) is 9.53. The molecule has 0 saturated carbocycles. The zero-order chi connectivity index (χ0) is 19.6. The summed E-state index contributed by atoms with van der Waals surface area (Å²) >= 11 is 0. The number of piperidine rings is 1. The highest BCUT2D eigenvalue weighted by Gasteiger charge is 2.25. The molecule has 0 aliphatic carbocycles. The second kappa shape index (κ2) is 8.01. The summed E-state index contributed by atoms with van der Waals surface area (Å²) in [5.74, 6) is 2.47. The number of nitrogens with one attached hydrogen (secondary N) is 1. The van der Waals surface area contributed by atoms with Crippen LogP contribution >= 0.6 is 0 Å². The van der Waals surface area contributed by atoms with E-state index >= 15 is 0 Å². The summed E-state index contributed by atoms with van der Waals surface area (Å²) in [6, 6.07) is 5.98. The van der Waals surface area contributed by atoms with Gasteiger partial charge in [0.2, 0.25) is 5.91 Å². The first-order valence-corrected chi connectivity index (χ1v) is 9.53. The van der Waals surface area contributed by atoms with E-state index in [1.54, 1.807) is 6.26 Å². The van der Waals surface area contributed by atoms with E-state index in [1.165, 1.54) is 6.42 Å². The Morgan fingerprint density at radius 1 is 1.33 bits per heavy atom. The molecule has 0 bridgehead atoms. The highest BCUT2D eigenvalue weighted by atomic mass is 16.3. The van der Waals surface area contributed by atoms with E-state index in [4.69, 9.17) is 4.42 Å². The lowest BCUT2D eigenvalue weighted by Crippen LogP contribution is -2.43. The zero-order valence-electron chi connectivity index (χ0n) is 16.6. The number of likely N-dealkylation sites (tertiary alicyclic amines) is 1. The van der Waals surface area contributed by atoms with Crippen LogP contribution in [0.1, 0.15) is 42.8 Å². The average Bonchev–Trinajstić information content (AvgIpc) is 3.17. The smallest absolute Gasteiger partial charge is 0.239 e. The fourth-order valence-electron chi connectivity index (χ4n) is 4.18. The number of nitriles is 1. The molecule has 0 radical (unpaired) electrons. The molecule has 1 amide bonds. The van der Waals surface area contributed by atoms with Crippen molar-refractivity contribution in [2.45, 2.75) is 40.7 Å². The SMILES string of the molecule is Cc1c(C#N)c(NC(=O)CN2CC(C)CC(C)C2)n(Cc2ccco2)c1C. The van der Waals surface area contributed by atoms with E-state index in [2.05, 4.69) is 30.1 Å². The number of aromatic nitrogens is 1. The number of carbonyl (C=O) groups is 1. The Morgan fingerprint density at radius 3 is 2.63 bits per heavy atom. The van der Waals surface area contributed by atoms with E-state index in [9.17, 15) is 10.1 Å². The van der Waals surface area contributed by atoms with E-state index in [0.717, 1.165) is 30.1 Å². The maximum atomic E-state index is 12.7. The van der Waals surface area contributed by atoms with Gasteiger partial charge in [0.25, 0.3) is 0 Å². The van der Waals surface area contributed by atoms with Crippen molar-refractivity contribution >= 4 is 11.7 Å². The first kappa shape index (κ1) is 19.2. The quantitative estimate of drug-likeness (QED) is 0.876. The van der Waals surface area contributed by atoms with Crippen LogP contribution < -0.4 is 5.32 Å². The molecule has 3 heterocycles. The number of furan rings is 1. The monoisotopic (exact) mass is 368 g/mol. The van der Waals surface area contributed by atoms with Crippen molar-refractivity contribution in [1.82, 2.24) is 9.47 Å². The third kappa shape index (κ3) is 4.25. The molecule has 2 aromatic rings. The fourth-order valence-corrected chi connectivity index (χ4v) is 4.18. The van der Waals surface area contributed by atoms with Crippen LogP contribution in [0.25, 0.3) is 0 Å². The van der Waals surface area contributed by atoms with Crippen molar-refractivity contribution in [1.29, 1.82) is 5.26 Å². The Kier molecular flexibility index (Phi) is 5.71. The van der Waals surface area contributed by atoms with Crippen molar-refractivity contribution in [3.63, 3.8) is 0 Å². The Balaban J connectivity index is 1.79. The summed E-state index contributed by atoms with van der Waals surface area (Å²) in [4.78, 5) is 14.9. The van der Waals surface area contributed by atoms with Gasteiger partial charge in [0, 0.05) is 18.8 Å². The molecule has 0 aromatic carbocycles. The number of amides is 1. The molecular weight excluding hydrogens is 340 g/mol. The predicted octanol–water partition coefficient (Wildman–Crippen LogP) is 3.53. The standard InChI is InChI=1S/C21H28N4O2/c1-14-8-15(2)11-24(10-14)13-20(26)23-21-19(9-22)16(3)17(4)25(21)12-18-6-5-7-27-18/h5-7,14-15H,8,10-13H2,1-4H3,(H,23,26). The lowest BCUT2D eigenvalue weighted by Gasteiger charge is -2.34. The van der Waals surface area contributed by atoms with Gasteiger partial charge in [-0.25, -0.2) is 0 Å². The molecule has 2 aromatic heterocycles. The average molecular weight is 368 g/mol. The second-order valence-corrected chi connectivity index (χ2v) is 7.90. The van der Waals surface area contributed by atoms with Crippen molar-refractivity contribution < 1.29 is 9.21 Å². The van der Waals surface area contributed by atoms with Gasteiger partial charge in [-0.3, -0.25) is 9.69 Å². The lowest BCUT2D eigenvalue weighted by molar-refractivity contribution is -0.117. The molecule has 144 valence electrons. The molecule has 1 aliphatic rings. The largest absolute Gasteiger partial charge is 0.467 e. The molecule has 1 saturated heterocycles. The fraction of sp³-hybridized carbons (Fsp3) is 0.524. The van der Waals surface area contributed by atoms with E-state index in [0.29, 0.717) is 36.3 Å². The third-order valence-electron chi connectivity index (χ3n) is 5.40. The molecular formula is C21H28N4O2. The minimum Gasteiger partial charge on any atom is -0.467 e. The lowest BCUT2D eigenvalue weighted by atomic mass is 9.92. The van der Waals surface area contributed by atoms with Gasteiger partial charge in [0.1, 0.15) is 17.6 Å². The topological polar surface area (TPSA) is 74.2 Å². The molecule has 0 spiro atoms. The van der Waals surface area contributed by atoms with Gasteiger partial charge in [-0.15, -0.1) is 0 Å². The number of carbonyl (C=O) groups excluding carboxylic acids is 1. The van der Waals surface area contributed by atoms with Crippen LogP contribution in [0.4, 0.5) is 5.82 Å². The summed E-state index contributed by atoms with van der Waals surface area (Å²) in [7, 11) is 0. The van der Waals surface area contributed by atoms with Gasteiger partial charge in [0.15, 0.2) is 0 Å². The van der Waals surface area contributed by atoms with Crippen molar-refractivity contribution in [3.05, 3.63) is 41.0 Å². The highest BCUT2D eigenvalue weighted by molar-refractivity contribution is 5.93. The Hall–Kier alpha value is -2.52. The molecule has 6 heteroatoms. The van der Waals surface area contributed by atoms with E-state index < -0.39 is 0 Å². The Morgan fingerprint density at radius 2 is 2.04 bits per heavy atom. The van der Waals surface area contributed by atoms with Crippen LogP contribution in [0.15, 0.2) is 22.8 Å². The first-order chi connectivity index (χ1) is 12.9. The minimum absolute atomic E-state index is 0.0778. The van der Waals surface area contributed by atoms with Crippen LogP contribution in [-0.2, 0) is 11.3 Å². The molecule has 1 fully saturated rings. The number of hydrogen-bond acceptors (Lipinski definition) is 4. The van der Waals surface area contributed by atoms with Crippen molar-refractivity contribution in [2.24, 2.45) is 11.8 Å². The molecule has 1 N–H and O–H groups in total. The Bertz CT molecular complexity index is 835.